The molecule has 3 nitrogen and oxygen atoms in total. The Labute approximate surface area is 140 Å². The third kappa shape index (κ3) is 3.39. The zero-order valence-electron chi connectivity index (χ0n) is 15.3. The summed E-state index contributed by atoms with van der Waals surface area (Å²) in [6.07, 6.45) is 7.05. The van der Waals surface area contributed by atoms with Crippen LogP contribution in [0.25, 0.3) is 0 Å². The van der Waals surface area contributed by atoms with Crippen LogP contribution in [0.3, 0.4) is 0 Å². The van der Waals surface area contributed by atoms with E-state index in [1.807, 2.05) is 13.0 Å². The van der Waals surface area contributed by atoms with Gasteiger partial charge in [-0.1, -0.05) is 33.3 Å². The largest absolute Gasteiger partial charge is 0.481 e. The maximum Gasteiger partial charge on any atom is 0.303 e. The fraction of sp³-hybridized carbons (Fsp3) is 0.800. The Bertz CT molecular complexity index is 521. The van der Waals surface area contributed by atoms with Crippen molar-refractivity contribution in [2.75, 3.05) is 0 Å². The van der Waals surface area contributed by atoms with E-state index in [1.54, 1.807) is 0 Å². The number of rotatable bonds is 5. The molecule has 0 radical (unpaired) electrons. The van der Waals surface area contributed by atoms with Gasteiger partial charge in [0.25, 0.3) is 0 Å². The molecule has 2 aliphatic carbocycles. The Hall–Kier alpha value is -1.12. The van der Waals surface area contributed by atoms with Crippen LogP contribution in [0.4, 0.5) is 0 Å². The van der Waals surface area contributed by atoms with E-state index >= 15 is 0 Å². The lowest BCUT2D eigenvalue weighted by atomic mass is 9.46. The molecule has 0 saturated heterocycles. The van der Waals surface area contributed by atoms with Crippen LogP contribution in [0.1, 0.15) is 73.1 Å². The van der Waals surface area contributed by atoms with Crippen molar-refractivity contribution in [2.24, 2.45) is 28.6 Å². The maximum absolute atomic E-state index is 12.2. The van der Waals surface area contributed by atoms with E-state index in [4.69, 9.17) is 5.11 Å². The van der Waals surface area contributed by atoms with Gasteiger partial charge in [0.2, 0.25) is 0 Å². The first kappa shape index (κ1) is 18.2. The standard InChI is InChI=1S/C20H32O3/c1-13(10-18(22)23)6-8-19(4)14(2)7-9-20(5)15(3)11-16(21)12-17(19)20/h11,13-14,17H,6-10,12H2,1-5H3,(H,22,23)/t13-,14-,17+,19-,20+/m0/s1. The molecule has 5 atom stereocenters. The van der Waals surface area contributed by atoms with Gasteiger partial charge in [-0.2, -0.15) is 0 Å². The highest BCUT2D eigenvalue weighted by molar-refractivity contribution is 5.92. The van der Waals surface area contributed by atoms with Crippen LogP contribution in [0.2, 0.25) is 0 Å². The summed E-state index contributed by atoms with van der Waals surface area (Å²) in [6, 6.07) is 0. The fourth-order valence-corrected chi connectivity index (χ4v) is 5.07. The number of fused-ring (bicyclic) bond motifs is 1. The fourth-order valence-electron chi connectivity index (χ4n) is 5.07. The molecule has 23 heavy (non-hydrogen) atoms. The van der Waals surface area contributed by atoms with Crippen LogP contribution in [0.5, 0.6) is 0 Å². The third-order valence-electron chi connectivity index (χ3n) is 7.17. The first-order valence-electron chi connectivity index (χ1n) is 9.03. The van der Waals surface area contributed by atoms with Crippen LogP contribution in [0, 0.1) is 28.6 Å². The Morgan fingerprint density at radius 2 is 2.09 bits per heavy atom. The van der Waals surface area contributed by atoms with E-state index in [0.717, 1.165) is 19.3 Å². The second kappa shape index (κ2) is 6.41. The normalized spacial score (nSPS) is 38.7. The van der Waals surface area contributed by atoms with Gasteiger partial charge in [-0.05, 0) is 67.3 Å². The van der Waals surface area contributed by atoms with E-state index in [2.05, 4.69) is 27.7 Å². The molecule has 3 heteroatoms. The molecule has 0 aromatic carbocycles. The number of carboxylic acid groups (broad SMARTS) is 1. The number of hydrogen-bond acceptors (Lipinski definition) is 2. The van der Waals surface area contributed by atoms with Gasteiger partial charge < -0.3 is 5.11 Å². The van der Waals surface area contributed by atoms with Crippen molar-refractivity contribution in [3.05, 3.63) is 11.6 Å². The van der Waals surface area contributed by atoms with E-state index in [9.17, 15) is 9.59 Å². The lowest BCUT2D eigenvalue weighted by molar-refractivity contribution is -0.138. The molecule has 1 fully saturated rings. The lowest BCUT2D eigenvalue weighted by Gasteiger charge is -2.57. The van der Waals surface area contributed by atoms with Crippen molar-refractivity contribution >= 4 is 11.8 Å². The molecule has 2 aliphatic rings. The van der Waals surface area contributed by atoms with Crippen LogP contribution in [-0.2, 0) is 9.59 Å². The molecule has 0 spiro atoms. The number of ketones is 1. The zero-order valence-corrected chi connectivity index (χ0v) is 15.3. The van der Waals surface area contributed by atoms with Gasteiger partial charge in [0, 0.05) is 12.8 Å². The number of carbonyl (C=O) groups is 2. The number of allylic oxidation sites excluding steroid dienone is 2. The molecule has 1 saturated carbocycles. The van der Waals surface area contributed by atoms with Gasteiger partial charge in [0.15, 0.2) is 5.78 Å². The first-order valence-corrected chi connectivity index (χ1v) is 9.03. The Kier molecular flexibility index (Phi) is 5.08. The van der Waals surface area contributed by atoms with Crippen molar-refractivity contribution in [2.45, 2.75) is 73.1 Å². The minimum absolute atomic E-state index is 0.116. The number of carbonyl (C=O) groups excluding carboxylic acids is 1. The minimum atomic E-state index is -0.712. The Morgan fingerprint density at radius 1 is 1.43 bits per heavy atom. The average Bonchev–Trinajstić information content (AvgIpc) is 2.44. The number of aliphatic carboxylic acids is 1. The molecule has 0 amide bonds. The molecule has 0 aromatic heterocycles. The van der Waals surface area contributed by atoms with Gasteiger partial charge in [0.1, 0.15) is 0 Å². The Balaban J connectivity index is 2.22. The molecule has 0 bridgehead atoms. The highest BCUT2D eigenvalue weighted by atomic mass is 16.4. The molecular weight excluding hydrogens is 288 g/mol. The Morgan fingerprint density at radius 3 is 2.70 bits per heavy atom. The summed E-state index contributed by atoms with van der Waals surface area (Å²) in [7, 11) is 0. The predicted octanol–water partition coefficient (Wildman–Crippen LogP) is 4.86. The number of hydrogen-bond donors (Lipinski definition) is 1. The smallest absolute Gasteiger partial charge is 0.303 e. The van der Waals surface area contributed by atoms with Crippen LogP contribution < -0.4 is 0 Å². The summed E-state index contributed by atoms with van der Waals surface area (Å²) >= 11 is 0. The summed E-state index contributed by atoms with van der Waals surface area (Å²) in [6.45, 7) is 11.1. The number of carboxylic acids is 1. The average molecular weight is 320 g/mol. The highest BCUT2D eigenvalue weighted by Gasteiger charge is 2.54. The second-order valence-corrected chi connectivity index (χ2v) is 8.66. The van der Waals surface area contributed by atoms with Crippen molar-refractivity contribution in [3.63, 3.8) is 0 Å². The second-order valence-electron chi connectivity index (χ2n) is 8.66. The maximum atomic E-state index is 12.2. The first-order chi connectivity index (χ1) is 10.6. The topological polar surface area (TPSA) is 54.4 Å². The van der Waals surface area contributed by atoms with E-state index in [1.165, 1.54) is 12.0 Å². The highest BCUT2D eigenvalue weighted by Crippen LogP contribution is 2.61. The van der Waals surface area contributed by atoms with Gasteiger partial charge in [0.05, 0.1) is 0 Å². The van der Waals surface area contributed by atoms with Crippen molar-refractivity contribution in [1.82, 2.24) is 0 Å². The van der Waals surface area contributed by atoms with Crippen LogP contribution in [0.15, 0.2) is 11.6 Å². The van der Waals surface area contributed by atoms with Crippen LogP contribution >= 0.6 is 0 Å². The molecule has 0 unspecified atom stereocenters. The van der Waals surface area contributed by atoms with Gasteiger partial charge in [-0.15, -0.1) is 0 Å². The predicted molar refractivity (Wildman–Crippen MR) is 92.1 cm³/mol. The van der Waals surface area contributed by atoms with Crippen LogP contribution in [-0.4, -0.2) is 16.9 Å². The zero-order chi connectivity index (χ0) is 17.4. The van der Waals surface area contributed by atoms with Gasteiger partial charge in [-0.25, -0.2) is 0 Å². The van der Waals surface area contributed by atoms with Gasteiger partial charge in [-0.3, -0.25) is 9.59 Å². The molecule has 2 rings (SSSR count). The van der Waals surface area contributed by atoms with E-state index in [-0.39, 0.29) is 29.0 Å². The van der Waals surface area contributed by atoms with E-state index in [0.29, 0.717) is 18.3 Å². The summed E-state index contributed by atoms with van der Waals surface area (Å²) in [5.74, 6) is 0.713. The monoisotopic (exact) mass is 320 g/mol. The molecule has 0 aliphatic heterocycles. The molecular formula is C20H32O3. The van der Waals surface area contributed by atoms with Crippen molar-refractivity contribution in [3.8, 4) is 0 Å². The molecule has 130 valence electrons. The van der Waals surface area contributed by atoms with Gasteiger partial charge >= 0.3 is 5.97 Å². The summed E-state index contributed by atoms with van der Waals surface area (Å²) in [4.78, 5) is 23.1. The summed E-state index contributed by atoms with van der Waals surface area (Å²) in [5, 5.41) is 8.98. The molecule has 0 aromatic rings. The summed E-state index contributed by atoms with van der Waals surface area (Å²) in [5.41, 5.74) is 1.49. The third-order valence-corrected chi connectivity index (χ3v) is 7.17. The van der Waals surface area contributed by atoms with Crippen molar-refractivity contribution < 1.29 is 14.7 Å². The van der Waals surface area contributed by atoms with E-state index < -0.39 is 5.97 Å². The lowest BCUT2D eigenvalue weighted by Crippen LogP contribution is -2.51. The van der Waals surface area contributed by atoms with Crippen molar-refractivity contribution in [1.29, 1.82) is 0 Å². The SMILES string of the molecule is CC1=CC(=O)C[C@@H]2[C@@](C)(CC[C@H](C)CC(=O)O)[C@@H](C)CC[C@]12C. The quantitative estimate of drug-likeness (QED) is 0.787. The minimum Gasteiger partial charge on any atom is -0.481 e. The molecule has 0 heterocycles. The molecule has 1 N–H and O–H groups in total. The summed E-state index contributed by atoms with van der Waals surface area (Å²) < 4.78 is 0.